The van der Waals surface area contributed by atoms with Gasteiger partial charge in [0.2, 0.25) is 5.91 Å². The van der Waals surface area contributed by atoms with Crippen molar-refractivity contribution in [2.75, 3.05) is 26.4 Å². The summed E-state index contributed by atoms with van der Waals surface area (Å²) in [6.45, 7) is 3.55. The Kier molecular flexibility index (Phi) is 42.9. The minimum absolute atomic E-state index is 0.0792. The van der Waals surface area contributed by atoms with Crippen LogP contribution in [0, 0.1) is 0 Å². The van der Waals surface area contributed by atoms with E-state index in [1.165, 1.54) is 154 Å². The van der Waals surface area contributed by atoms with E-state index < -0.39 is 26.5 Å². The van der Waals surface area contributed by atoms with Gasteiger partial charge in [0.1, 0.15) is 12.7 Å². The summed E-state index contributed by atoms with van der Waals surface area (Å²) in [5, 5.41) is 12.7. The molecule has 2 atom stereocenters. The van der Waals surface area contributed by atoms with Gasteiger partial charge in [-0.3, -0.25) is 18.6 Å². The molecule has 0 bridgehead atoms. The lowest BCUT2D eigenvalue weighted by atomic mass is 10.0. The maximum atomic E-state index is 12.1. The van der Waals surface area contributed by atoms with Gasteiger partial charge in [0, 0.05) is 19.4 Å². The van der Waals surface area contributed by atoms with Crippen LogP contribution in [0.1, 0.15) is 232 Å². The highest BCUT2D eigenvalue weighted by atomic mass is 31.2. The molecule has 336 valence electrons. The summed E-state index contributed by atoms with van der Waals surface area (Å²) in [6.07, 6.45) is 48.3. The van der Waals surface area contributed by atoms with Crippen LogP contribution in [0.5, 0.6) is 0 Å². The molecule has 3 N–H and O–H groups in total. The first kappa shape index (κ1) is 55.5. The number of nitrogens with one attached hydrogen (secondary N) is 1. The summed E-state index contributed by atoms with van der Waals surface area (Å²) in [5.74, 6) is -0.519. The van der Waals surface area contributed by atoms with E-state index in [9.17, 15) is 24.2 Å². The number of amides is 1. The van der Waals surface area contributed by atoms with Gasteiger partial charge in [0.05, 0.1) is 13.2 Å². The zero-order valence-corrected chi connectivity index (χ0v) is 37.9. The minimum atomic E-state index is -4.42. The van der Waals surface area contributed by atoms with Crippen molar-refractivity contribution in [1.29, 1.82) is 0 Å². The highest BCUT2D eigenvalue weighted by Gasteiger charge is 2.23. The smallest absolute Gasteiger partial charge is 0.463 e. The lowest BCUT2D eigenvalue weighted by molar-refractivity contribution is -0.147. The topological polar surface area (TPSA) is 131 Å². The van der Waals surface area contributed by atoms with Gasteiger partial charge in [-0.2, -0.15) is 0 Å². The molecule has 0 aromatic carbocycles. The number of esters is 1. The normalized spacial score (nSPS) is 13.4. The van der Waals surface area contributed by atoms with Crippen LogP contribution in [0.4, 0.5) is 0 Å². The summed E-state index contributed by atoms with van der Waals surface area (Å²) >= 11 is 0. The van der Waals surface area contributed by atoms with Gasteiger partial charge in [-0.15, -0.1) is 0 Å². The number of hydrogen-bond donors (Lipinski definition) is 3. The van der Waals surface area contributed by atoms with Crippen LogP contribution in [0.25, 0.3) is 0 Å². The van der Waals surface area contributed by atoms with Crippen LogP contribution in [0.2, 0.25) is 0 Å². The number of hydrogen-bond acceptors (Lipinski definition) is 7. The first-order valence-corrected chi connectivity index (χ1v) is 25.3. The van der Waals surface area contributed by atoms with E-state index in [0.29, 0.717) is 6.42 Å². The molecule has 2 unspecified atom stereocenters. The third-order valence-corrected chi connectivity index (χ3v) is 11.3. The maximum Gasteiger partial charge on any atom is 0.472 e. The fourth-order valence-electron chi connectivity index (χ4n) is 6.72. The Morgan fingerprint density at radius 1 is 0.526 bits per heavy atom. The van der Waals surface area contributed by atoms with Gasteiger partial charge in [-0.25, -0.2) is 4.57 Å². The number of phosphoric acid groups is 1. The fourth-order valence-corrected chi connectivity index (χ4v) is 7.48. The van der Waals surface area contributed by atoms with E-state index in [4.69, 9.17) is 13.8 Å². The quantitative estimate of drug-likeness (QED) is 0.0239. The predicted octanol–water partition coefficient (Wildman–Crippen LogP) is 13.6. The molecular weight excluding hydrogens is 737 g/mol. The van der Waals surface area contributed by atoms with Gasteiger partial charge < -0.3 is 20.1 Å². The number of phosphoric ester groups is 1. The molecule has 0 spiro atoms. The van der Waals surface area contributed by atoms with Crippen LogP contribution >= 0.6 is 7.82 Å². The van der Waals surface area contributed by atoms with Crippen LogP contribution in [-0.4, -0.2) is 54.3 Å². The number of allylic oxidation sites excluding steroid dienone is 4. The van der Waals surface area contributed by atoms with E-state index in [2.05, 4.69) is 43.5 Å². The molecule has 0 saturated carbocycles. The second kappa shape index (κ2) is 44.1. The Balaban J connectivity index is 3.54. The Morgan fingerprint density at radius 3 is 1.33 bits per heavy atom. The summed E-state index contributed by atoms with van der Waals surface area (Å²) < 4.78 is 26.9. The fraction of sp³-hybridized carbons (Fsp3) is 0.872. The Morgan fingerprint density at radius 2 is 0.895 bits per heavy atom. The monoisotopic (exact) mass is 828 g/mol. The third-order valence-electron chi connectivity index (χ3n) is 10.4. The van der Waals surface area contributed by atoms with Crippen molar-refractivity contribution in [2.24, 2.45) is 0 Å². The highest BCUT2D eigenvalue weighted by Crippen LogP contribution is 2.42. The third kappa shape index (κ3) is 45.4. The van der Waals surface area contributed by atoms with Crippen molar-refractivity contribution in [3.05, 3.63) is 24.3 Å². The average Bonchev–Trinajstić information content (AvgIpc) is 3.20. The second-order valence-corrected chi connectivity index (χ2v) is 17.5. The number of carbonyl (C=O) groups is 2. The zero-order valence-electron chi connectivity index (χ0n) is 37.0. The summed E-state index contributed by atoms with van der Waals surface area (Å²) in [6, 6.07) is 0. The van der Waals surface area contributed by atoms with Gasteiger partial charge >= 0.3 is 13.8 Å². The molecule has 0 fully saturated rings. The van der Waals surface area contributed by atoms with Gasteiger partial charge in [0.15, 0.2) is 0 Å². The standard InChI is InChI=1S/C47H90NO8P/c1-3-5-7-9-11-13-15-17-18-19-20-21-22-23-24-25-26-28-30-32-34-36-38-40-47(51)54-43-45(49)44-56-57(52,53)55-42-41-48-46(50)39-37-35-33-31-29-27-16-14-12-10-8-6-4-2/h14,16-18,45,49H,3-13,15,19-44H2,1-2H3,(H,48,50)(H,52,53)/b16-14-,18-17+. The van der Waals surface area contributed by atoms with Gasteiger partial charge in [-0.1, -0.05) is 179 Å². The van der Waals surface area contributed by atoms with Gasteiger partial charge in [0.25, 0.3) is 0 Å². The van der Waals surface area contributed by atoms with Crippen molar-refractivity contribution in [3.63, 3.8) is 0 Å². The van der Waals surface area contributed by atoms with E-state index in [0.717, 1.165) is 51.4 Å². The molecule has 0 heterocycles. The molecule has 0 aliphatic carbocycles. The maximum absolute atomic E-state index is 12.1. The van der Waals surface area contributed by atoms with Crippen molar-refractivity contribution in [1.82, 2.24) is 5.32 Å². The van der Waals surface area contributed by atoms with Crippen LogP contribution in [-0.2, 0) is 27.9 Å². The lowest BCUT2D eigenvalue weighted by Crippen LogP contribution is -2.27. The molecule has 10 heteroatoms. The van der Waals surface area contributed by atoms with Crippen molar-refractivity contribution < 1.29 is 37.9 Å². The van der Waals surface area contributed by atoms with E-state index in [1.54, 1.807) is 0 Å². The molecular formula is C47H90NO8P. The molecule has 0 aliphatic heterocycles. The van der Waals surface area contributed by atoms with Crippen LogP contribution < -0.4 is 5.32 Å². The molecule has 9 nitrogen and oxygen atoms in total. The summed E-state index contributed by atoms with van der Waals surface area (Å²) in [7, 11) is -4.42. The van der Waals surface area contributed by atoms with E-state index in [1.807, 2.05) is 0 Å². The molecule has 0 saturated heterocycles. The predicted molar refractivity (Wildman–Crippen MR) is 238 cm³/mol. The summed E-state index contributed by atoms with van der Waals surface area (Å²) in [5.41, 5.74) is 0. The number of rotatable bonds is 45. The first-order valence-electron chi connectivity index (χ1n) is 23.8. The van der Waals surface area contributed by atoms with E-state index in [-0.39, 0.29) is 32.1 Å². The lowest BCUT2D eigenvalue weighted by Gasteiger charge is -2.15. The van der Waals surface area contributed by atoms with Crippen LogP contribution in [0.3, 0.4) is 0 Å². The molecule has 57 heavy (non-hydrogen) atoms. The van der Waals surface area contributed by atoms with Crippen molar-refractivity contribution in [2.45, 2.75) is 238 Å². The average molecular weight is 828 g/mol. The molecule has 0 aromatic rings. The first-order chi connectivity index (χ1) is 27.8. The van der Waals surface area contributed by atoms with Crippen molar-refractivity contribution in [3.8, 4) is 0 Å². The van der Waals surface area contributed by atoms with Crippen molar-refractivity contribution >= 4 is 19.7 Å². The number of aliphatic hydroxyl groups is 1. The zero-order chi connectivity index (χ0) is 41.8. The van der Waals surface area contributed by atoms with Gasteiger partial charge in [-0.05, 0) is 64.2 Å². The largest absolute Gasteiger partial charge is 0.472 e. The Bertz CT molecular complexity index is 990. The van der Waals surface area contributed by atoms with Crippen LogP contribution in [0.15, 0.2) is 24.3 Å². The Labute approximate surface area is 350 Å². The number of unbranched alkanes of at least 4 members (excludes halogenated alkanes) is 28. The number of aliphatic hydroxyl groups excluding tert-OH is 1. The second-order valence-electron chi connectivity index (χ2n) is 16.1. The molecule has 0 rings (SSSR count). The molecule has 0 aliphatic rings. The minimum Gasteiger partial charge on any atom is -0.463 e. The molecule has 1 amide bonds. The Hall–Kier alpha value is -1.51. The molecule has 0 aromatic heterocycles. The van der Waals surface area contributed by atoms with E-state index >= 15 is 0 Å². The molecule has 0 radical (unpaired) electrons. The highest BCUT2D eigenvalue weighted by molar-refractivity contribution is 7.47. The summed E-state index contributed by atoms with van der Waals surface area (Å²) in [4.78, 5) is 33.9. The number of carbonyl (C=O) groups excluding carboxylic acids is 2. The number of ether oxygens (including phenoxy) is 1. The SMILES string of the molecule is CCCCCC/C=C\CCCCCCCC(=O)NCCOP(=O)(O)OCC(O)COC(=O)CCCCCCCCCCCCCCC/C=C/CCCCCCCC.